The third kappa shape index (κ3) is 5.86. The summed E-state index contributed by atoms with van der Waals surface area (Å²) in [4.78, 5) is 0. The van der Waals surface area contributed by atoms with Gasteiger partial charge in [-0.15, -0.1) is 6.58 Å². The Bertz CT molecular complexity index is 158. The van der Waals surface area contributed by atoms with Crippen molar-refractivity contribution < 1.29 is 0 Å². The molecule has 0 rings (SSSR count). The second-order valence-electron chi connectivity index (χ2n) is 4.27. The average molecular weight is 153 g/mol. The van der Waals surface area contributed by atoms with Crippen molar-refractivity contribution in [3.63, 3.8) is 0 Å². The van der Waals surface area contributed by atoms with Crippen molar-refractivity contribution in [3.05, 3.63) is 24.8 Å². The molecule has 0 saturated carbocycles. The standard InChI is InChI=1S/C10H19N/c1-6-10(5,11)8-7-9(2,3)4/h6-8H,1,11H2,2-5H3/b8-7-. The first kappa shape index (κ1) is 10.4. The minimum Gasteiger partial charge on any atom is -0.319 e. The van der Waals surface area contributed by atoms with E-state index in [0.29, 0.717) is 0 Å². The Morgan fingerprint density at radius 3 is 1.82 bits per heavy atom. The van der Waals surface area contributed by atoms with Crippen LogP contribution >= 0.6 is 0 Å². The molecule has 0 aliphatic heterocycles. The molecule has 0 aliphatic rings. The lowest BCUT2D eigenvalue weighted by Gasteiger charge is -2.18. The molecule has 0 radical (unpaired) electrons. The highest BCUT2D eigenvalue weighted by molar-refractivity contribution is 5.14. The highest BCUT2D eigenvalue weighted by Gasteiger charge is 2.10. The zero-order valence-corrected chi connectivity index (χ0v) is 8.02. The summed E-state index contributed by atoms with van der Waals surface area (Å²) in [6, 6.07) is 0. The highest BCUT2D eigenvalue weighted by atomic mass is 14.7. The van der Waals surface area contributed by atoms with Crippen LogP contribution in [-0.2, 0) is 0 Å². The van der Waals surface area contributed by atoms with E-state index in [9.17, 15) is 0 Å². The third-order valence-electron chi connectivity index (χ3n) is 1.38. The lowest BCUT2D eigenvalue weighted by molar-refractivity contribution is 0.536. The summed E-state index contributed by atoms with van der Waals surface area (Å²) in [5, 5.41) is 0. The van der Waals surface area contributed by atoms with Crippen LogP contribution in [0.5, 0.6) is 0 Å². The van der Waals surface area contributed by atoms with E-state index < -0.39 is 0 Å². The van der Waals surface area contributed by atoms with E-state index in [4.69, 9.17) is 5.73 Å². The topological polar surface area (TPSA) is 26.0 Å². The molecule has 0 amide bonds. The number of rotatable bonds is 2. The summed E-state index contributed by atoms with van der Waals surface area (Å²) in [6.45, 7) is 12.0. The van der Waals surface area contributed by atoms with Gasteiger partial charge in [-0.2, -0.15) is 0 Å². The minimum absolute atomic E-state index is 0.198. The minimum atomic E-state index is -0.368. The summed E-state index contributed by atoms with van der Waals surface area (Å²) >= 11 is 0. The molecule has 0 fully saturated rings. The monoisotopic (exact) mass is 153 g/mol. The third-order valence-corrected chi connectivity index (χ3v) is 1.38. The first-order chi connectivity index (χ1) is 4.77. The van der Waals surface area contributed by atoms with Gasteiger partial charge in [0.25, 0.3) is 0 Å². The molecule has 1 nitrogen and oxygen atoms in total. The largest absolute Gasteiger partial charge is 0.319 e. The van der Waals surface area contributed by atoms with E-state index >= 15 is 0 Å². The smallest absolute Gasteiger partial charge is 0.0493 e. The first-order valence-corrected chi connectivity index (χ1v) is 3.90. The van der Waals surface area contributed by atoms with E-state index in [0.717, 1.165) is 0 Å². The lowest BCUT2D eigenvalue weighted by atomic mass is 9.92. The fourth-order valence-electron chi connectivity index (χ4n) is 0.498. The summed E-state index contributed by atoms with van der Waals surface area (Å²) < 4.78 is 0. The van der Waals surface area contributed by atoms with Gasteiger partial charge in [0.2, 0.25) is 0 Å². The molecular weight excluding hydrogens is 134 g/mol. The van der Waals surface area contributed by atoms with Crippen LogP contribution in [0.2, 0.25) is 0 Å². The van der Waals surface area contributed by atoms with Crippen LogP contribution < -0.4 is 5.73 Å². The molecular formula is C10H19N. The van der Waals surface area contributed by atoms with Crippen LogP contribution in [-0.4, -0.2) is 5.54 Å². The van der Waals surface area contributed by atoms with Crippen LogP contribution in [0.4, 0.5) is 0 Å². The van der Waals surface area contributed by atoms with Gasteiger partial charge in [0.05, 0.1) is 0 Å². The maximum Gasteiger partial charge on any atom is 0.0493 e. The van der Waals surface area contributed by atoms with Gasteiger partial charge in [-0.1, -0.05) is 39.0 Å². The van der Waals surface area contributed by atoms with Crippen molar-refractivity contribution in [2.24, 2.45) is 11.1 Å². The molecule has 0 saturated heterocycles. The summed E-state index contributed by atoms with van der Waals surface area (Å²) in [7, 11) is 0. The van der Waals surface area contributed by atoms with Gasteiger partial charge in [-0.3, -0.25) is 0 Å². The zero-order chi connectivity index (χ0) is 9.12. The van der Waals surface area contributed by atoms with E-state index in [1.165, 1.54) is 0 Å². The molecule has 1 atom stereocenters. The maximum absolute atomic E-state index is 5.82. The summed E-state index contributed by atoms with van der Waals surface area (Å²) in [6.07, 6.45) is 5.84. The predicted octanol–water partition coefficient (Wildman–Crippen LogP) is 2.49. The van der Waals surface area contributed by atoms with Crippen molar-refractivity contribution >= 4 is 0 Å². The van der Waals surface area contributed by atoms with Gasteiger partial charge in [-0.05, 0) is 12.3 Å². The Labute approximate surface area is 70.0 Å². The Morgan fingerprint density at radius 1 is 1.09 bits per heavy atom. The van der Waals surface area contributed by atoms with Crippen molar-refractivity contribution in [2.45, 2.75) is 33.2 Å². The molecule has 2 N–H and O–H groups in total. The van der Waals surface area contributed by atoms with Crippen molar-refractivity contribution in [1.29, 1.82) is 0 Å². The number of allylic oxidation sites excluding steroid dienone is 1. The molecule has 0 aromatic carbocycles. The maximum atomic E-state index is 5.82. The fourth-order valence-corrected chi connectivity index (χ4v) is 0.498. The fraction of sp³-hybridized carbons (Fsp3) is 0.600. The van der Waals surface area contributed by atoms with Gasteiger partial charge in [0.15, 0.2) is 0 Å². The molecule has 0 aromatic rings. The molecule has 0 bridgehead atoms. The van der Waals surface area contributed by atoms with Gasteiger partial charge in [0.1, 0.15) is 0 Å². The van der Waals surface area contributed by atoms with E-state index in [2.05, 4.69) is 33.4 Å². The van der Waals surface area contributed by atoms with Crippen LogP contribution in [0, 0.1) is 5.41 Å². The van der Waals surface area contributed by atoms with E-state index in [1.54, 1.807) is 6.08 Å². The molecule has 1 heteroatoms. The van der Waals surface area contributed by atoms with Gasteiger partial charge >= 0.3 is 0 Å². The summed E-state index contributed by atoms with van der Waals surface area (Å²) in [5.41, 5.74) is 5.65. The lowest BCUT2D eigenvalue weighted by Crippen LogP contribution is -2.30. The SMILES string of the molecule is C=CC(C)(N)/C=C\C(C)(C)C. The Hall–Kier alpha value is -0.560. The Kier molecular flexibility index (Phi) is 3.06. The quantitative estimate of drug-likeness (QED) is 0.606. The van der Waals surface area contributed by atoms with Crippen molar-refractivity contribution in [1.82, 2.24) is 0 Å². The molecule has 0 aromatic heterocycles. The number of hydrogen-bond donors (Lipinski definition) is 1. The predicted molar refractivity (Wildman–Crippen MR) is 51.4 cm³/mol. The number of hydrogen-bond acceptors (Lipinski definition) is 1. The van der Waals surface area contributed by atoms with E-state index in [-0.39, 0.29) is 11.0 Å². The highest BCUT2D eigenvalue weighted by Crippen LogP contribution is 2.16. The van der Waals surface area contributed by atoms with Gasteiger partial charge < -0.3 is 5.73 Å². The summed E-state index contributed by atoms with van der Waals surface area (Å²) in [5.74, 6) is 0. The van der Waals surface area contributed by atoms with Crippen LogP contribution in [0.3, 0.4) is 0 Å². The normalized spacial score (nSPS) is 18.3. The second kappa shape index (κ2) is 3.22. The molecule has 0 heterocycles. The van der Waals surface area contributed by atoms with Gasteiger partial charge in [0, 0.05) is 5.54 Å². The molecule has 0 aliphatic carbocycles. The zero-order valence-electron chi connectivity index (χ0n) is 8.02. The Morgan fingerprint density at radius 2 is 1.55 bits per heavy atom. The van der Waals surface area contributed by atoms with Crippen molar-refractivity contribution in [3.8, 4) is 0 Å². The molecule has 0 spiro atoms. The van der Waals surface area contributed by atoms with Crippen LogP contribution in [0.15, 0.2) is 24.8 Å². The molecule has 1 unspecified atom stereocenters. The van der Waals surface area contributed by atoms with Crippen molar-refractivity contribution in [2.75, 3.05) is 0 Å². The van der Waals surface area contributed by atoms with E-state index in [1.807, 2.05) is 13.0 Å². The molecule has 11 heavy (non-hydrogen) atoms. The van der Waals surface area contributed by atoms with Gasteiger partial charge in [-0.25, -0.2) is 0 Å². The number of nitrogens with two attached hydrogens (primary N) is 1. The molecule has 64 valence electrons. The first-order valence-electron chi connectivity index (χ1n) is 3.90. The van der Waals surface area contributed by atoms with Crippen LogP contribution in [0.1, 0.15) is 27.7 Å². The Balaban J connectivity index is 4.24. The van der Waals surface area contributed by atoms with Crippen LogP contribution in [0.25, 0.3) is 0 Å². The second-order valence-corrected chi connectivity index (χ2v) is 4.27. The average Bonchev–Trinajstić information content (AvgIpc) is 1.83.